The highest BCUT2D eigenvalue weighted by molar-refractivity contribution is 5.03. The molecule has 0 saturated heterocycles. The Labute approximate surface area is 72.8 Å². The van der Waals surface area contributed by atoms with Crippen LogP contribution < -0.4 is 5.73 Å². The lowest BCUT2D eigenvalue weighted by molar-refractivity contribution is -0.138. The van der Waals surface area contributed by atoms with Crippen molar-refractivity contribution in [2.45, 2.75) is 18.6 Å². The van der Waals surface area contributed by atoms with Crippen molar-refractivity contribution in [3.8, 4) is 0 Å². The summed E-state index contributed by atoms with van der Waals surface area (Å²) in [5.41, 5.74) is 5.47. The largest absolute Gasteiger partial charge is 0.390 e. The van der Waals surface area contributed by atoms with Crippen LogP contribution in [-0.4, -0.2) is 16.1 Å². The minimum atomic E-state index is -4.26. The van der Waals surface area contributed by atoms with Gasteiger partial charge in [-0.15, -0.1) is 0 Å². The first-order chi connectivity index (χ1) is 5.99. The number of hydrogen-bond acceptors (Lipinski definition) is 3. The summed E-state index contributed by atoms with van der Waals surface area (Å²) in [6, 6.07) is 0.263. The van der Waals surface area contributed by atoms with Crippen molar-refractivity contribution in [2.75, 3.05) is 0 Å². The summed E-state index contributed by atoms with van der Waals surface area (Å²) in [6.45, 7) is 0. The van der Waals surface area contributed by atoms with Crippen LogP contribution in [-0.2, 0) is 0 Å². The molecule has 1 heterocycles. The van der Waals surface area contributed by atoms with Crippen LogP contribution in [0.4, 0.5) is 13.2 Å². The zero-order chi connectivity index (χ0) is 9.90. The summed E-state index contributed by atoms with van der Waals surface area (Å²) in [5.74, 6) is 0. The maximum Gasteiger partial charge on any atom is 0.390 e. The van der Waals surface area contributed by atoms with Gasteiger partial charge in [-0.25, -0.2) is 9.97 Å². The van der Waals surface area contributed by atoms with Gasteiger partial charge in [0.15, 0.2) is 0 Å². The van der Waals surface area contributed by atoms with Crippen LogP contribution in [0.3, 0.4) is 0 Å². The summed E-state index contributed by atoms with van der Waals surface area (Å²) in [7, 11) is 0. The van der Waals surface area contributed by atoms with Gasteiger partial charge in [0.25, 0.3) is 0 Å². The minimum Gasteiger partial charge on any atom is -0.322 e. The third kappa shape index (κ3) is 3.37. The number of nitrogens with two attached hydrogens (primary N) is 1. The maximum atomic E-state index is 11.9. The summed E-state index contributed by atoms with van der Waals surface area (Å²) >= 11 is 0. The third-order valence-electron chi connectivity index (χ3n) is 1.44. The highest BCUT2D eigenvalue weighted by atomic mass is 19.4. The predicted molar refractivity (Wildman–Crippen MR) is 39.6 cm³/mol. The first-order valence-corrected chi connectivity index (χ1v) is 3.57. The molecule has 0 amide bonds. The van der Waals surface area contributed by atoms with Crippen LogP contribution in [0, 0.1) is 0 Å². The molecule has 2 N–H and O–H groups in total. The molecule has 0 saturated carbocycles. The molecule has 1 aromatic rings. The number of hydrogen-bond donors (Lipinski definition) is 1. The van der Waals surface area contributed by atoms with E-state index in [-0.39, 0.29) is 5.69 Å². The van der Waals surface area contributed by atoms with Gasteiger partial charge in [0.05, 0.1) is 18.2 Å². The molecule has 6 heteroatoms. The Hall–Kier alpha value is -1.17. The Balaban J connectivity index is 2.64. The lowest BCUT2D eigenvalue weighted by atomic mass is 10.1. The summed E-state index contributed by atoms with van der Waals surface area (Å²) in [6.07, 6.45) is -2.79. The van der Waals surface area contributed by atoms with E-state index in [1.165, 1.54) is 18.6 Å². The Morgan fingerprint density at radius 1 is 1.46 bits per heavy atom. The zero-order valence-electron chi connectivity index (χ0n) is 6.62. The van der Waals surface area contributed by atoms with Gasteiger partial charge in [0.1, 0.15) is 6.33 Å². The van der Waals surface area contributed by atoms with E-state index in [4.69, 9.17) is 5.73 Å². The molecule has 0 aliphatic carbocycles. The van der Waals surface area contributed by atoms with Crippen molar-refractivity contribution >= 4 is 0 Å². The van der Waals surface area contributed by atoms with E-state index in [1.807, 2.05) is 0 Å². The lowest BCUT2D eigenvalue weighted by Crippen LogP contribution is -2.21. The molecule has 0 aromatic carbocycles. The standard InChI is InChI=1S/C7H8F3N3/c8-7(9,10)3-5(11)6-1-2-12-4-13-6/h1-2,4-5H,3,11H2/t5-/m0/s1. The van der Waals surface area contributed by atoms with Gasteiger partial charge < -0.3 is 5.73 Å². The Kier molecular flexibility index (Phi) is 2.82. The molecule has 0 spiro atoms. The molecular formula is C7H8F3N3. The van der Waals surface area contributed by atoms with E-state index < -0.39 is 18.6 Å². The fraction of sp³-hybridized carbons (Fsp3) is 0.429. The fourth-order valence-electron chi connectivity index (χ4n) is 0.874. The summed E-state index contributed by atoms with van der Waals surface area (Å²) in [5, 5.41) is 0. The number of aromatic nitrogens is 2. The van der Waals surface area contributed by atoms with Crippen LogP contribution in [0.25, 0.3) is 0 Å². The van der Waals surface area contributed by atoms with Crippen molar-refractivity contribution < 1.29 is 13.2 Å². The highest BCUT2D eigenvalue weighted by Crippen LogP contribution is 2.26. The maximum absolute atomic E-state index is 11.9. The van der Waals surface area contributed by atoms with Crippen LogP contribution in [0.1, 0.15) is 18.2 Å². The average molecular weight is 191 g/mol. The molecule has 0 unspecified atom stereocenters. The summed E-state index contributed by atoms with van der Waals surface area (Å²) < 4.78 is 35.6. The van der Waals surface area contributed by atoms with Crippen LogP contribution in [0.15, 0.2) is 18.6 Å². The smallest absolute Gasteiger partial charge is 0.322 e. The van der Waals surface area contributed by atoms with Gasteiger partial charge in [-0.3, -0.25) is 0 Å². The van der Waals surface area contributed by atoms with Gasteiger partial charge in [-0.05, 0) is 6.07 Å². The molecule has 3 nitrogen and oxygen atoms in total. The van der Waals surface area contributed by atoms with Crippen molar-refractivity contribution in [1.82, 2.24) is 9.97 Å². The van der Waals surface area contributed by atoms with Crippen LogP contribution in [0.2, 0.25) is 0 Å². The van der Waals surface area contributed by atoms with E-state index in [0.29, 0.717) is 0 Å². The SMILES string of the molecule is N[C@@H](CC(F)(F)F)c1ccncn1. The normalized spacial score (nSPS) is 14.2. The first kappa shape index (κ1) is 9.91. The second-order valence-corrected chi connectivity index (χ2v) is 2.56. The molecular weight excluding hydrogens is 183 g/mol. The van der Waals surface area contributed by atoms with Gasteiger partial charge in [0.2, 0.25) is 0 Å². The van der Waals surface area contributed by atoms with E-state index in [1.54, 1.807) is 0 Å². The second-order valence-electron chi connectivity index (χ2n) is 2.56. The van der Waals surface area contributed by atoms with E-state index in [2.05, 4.69) is 9.97 Å². The number of halogens is 3. The fourth-order valence-corrected chi connectivity index (χ4v) is 0.874. The Morgan fingerprint density at radius 3 is 2.62 bits per heavy atom. The quantitative estimate of drug-likeness (QED) is 0.769. The zero-order valence-corrected chi connectivity index (χ0v) is 6.62. The van der Waals surface area contributed by atoms with Gasteiger partial charge in [0, 0.05) is 6.20 Å². The van der Waals surface area contributed by atoms with E-state index in [9.17, 15) is 13.2 Å². The van der Waals surface area contributed by atoms with E-state index >= 15 is 0 Å². The average Bonchev–Trinajstić information content (AvgIpc) is 2.03. The van der Waals surface area contributed by atoms with Crippen molar-refractivity contribution in [3.63, 3.8) is 0 Å². The van der Waals surface area contributed by atoms with Crippen molar-refractivity contribution in [2.24, 2.45) is 5.73 Å². The predicted octanol–water partition coefficient (Wildman–Crippen LogP) is 1.43. The molecule has 1 atom stereocenters. The first-order valence-electron chi connectivity index (χ1n) is 3.57. The third-order valence-corrected chi connectivity index (χ3v) is 1.44. The second kappa shape index (κ2) is 3.69. The highest BCUT2D eigenvalue weighted by Gasteiger charge is 2.31. The van der Waals surface area contributed by atoms with Crippen molar-refractivity contribution in [3.05, 3.63) is 24.3 Å². The number of nitrogens with zero attached hydrogens (tertiary/aromatic N) is 2. The van der Waals surface area contributed by atoms with Gasteiger partial charge >= 0.3 is 6.18 Å². The van der Waals surface area contributed by atoms with Crippen molar-refractivity contribution in [1.29, 1.82) is 0 Å². The molecule has 1 aromatic heterocycles. The van der Waals surface area contributed by atoms with Gasteiger partial charge in [-0.1, -0.05) is 0 Å². The van der Waals surface area contributed by atoms with Gasteiger partial charge in [-0.2, -0.15) is 13.2 Å². The monoisotopic (exact) mass is 191 g/mol. The van der Waals surface area contributed by atoms with Crippen LogP contribution in [0.5, 0.6) is 0 Å². The molecule has 0 aliphatic heterocycles. The lowest BCUT2D eigenvalue weighted by Gasteiger charge is -2.12. The van der Waals surface area contributed by atoms with E-state index in [0.717, 1.165) is 0 Å². The molecule has 0 bridgehead atoms. The molecule has 13 heavy (non-hydrogen) atoms. The Bertz CT molecular complexity index is 259. The topological polar surface area (TPSA) is 51.8 Å². The Morgan fingerprint density at radius 2 is 2.15 bits per heavy atom. The molecule has 0 aliphatic rings. The minimum absolute atomic E-state index is 0.201. The molecule has 72 valence electrons. The molecule has 1 rings (SSSR count). The summed E-state index contributed by atoms with van der Waals surface area (Å²) in [4.78, 5) is 7.20. The van der Waals surface area contributed by atoms with Crippen LogP contribution >= 0.6 is 0 Å². The number of rotatable bonds is 2. The molecule has 0 radical (unpaired) electrons. The molecule has 0 fully saturated rings. The number of alkyl halides is 3.